The summed E-state index contributed by atoms with van der Waals surface area (Å²) in [5.41, 5.74) is 0.232. The topological polar surface area (TPSA) is 86.5 Å². The first kappa shape index (κ1) is 12.1. The van der Waals surface area contributed by atoms with Gasteiger partial charge >= 0.3 is 6.18 Å². The summed E-state index contributed by atoms with van der Waals surface area (Å²) in [6.07, 6.45) is -2.95. The average molecular weight is 259 g/mol. The van der Waals surface area contributed by atoms with E-state index < -0.39 is 12.7 Å². The van der Waals surface area contributed by atoms with Crippen LogP contribution < -0.4 is 10.9 Å². The summed E-state index contributed by atoms with van der Waals surface area (Å²) in [5.74, 6) is 0.101. The van der Waals surface area contributed by atoms with Crippen molar-refractivity contribution in [3.05, 3.63) is 28.7 Å². The van der Waals surface area contributed by atoms with Crippen molar-refractivity contribution in [2.24, 2.45) is 0 Å². The van der Waals surface area contributed by atoms with Crippen LogP contribution in [-0.4, -0.2) is 32.9 Å². The lowest BCUT2D eigenvalue weighted by Gasteiger charge is -2.05. The molecule has 6 nitrogen and oxygen atoms in total. The zero-order chi connectivity index (χ0) is 13.2. The predicted octanol–water partition coefficient (Wildman–Crippen LogP) is 1.13. The standard InChI is InChI=1S/C9H8F3N5O/c10-9(11,12)4-14-8-15-7(16-17-8)5-1-2-6(18)13-3-5/h1-3H,4H2,(H,13,18)(H2,14,15,16,17). The maximum absolute atomic E-state index is 11.9. The molecule has 0 aliphatic carbocycles. The third kappa shape index (κ3) is 3.09. The molecule has 0 atom stereocenters. The Balaban J connectivity index is 2.10. The van der Waals surface area contributed by atoms with Crippen molar-refractivity contribution in [3.8, 4) is 11.4 Å². The summed E-state index contributed by atoms with van der Waals surface area (Å²) in [7, 11) is 0. The molecule has 3 N–H and O–H groups in total. The normalized spacial score (nSPS) is 11.5. The molecule has 2 aromatic heterocycles. The van der Waals surface area contributed by atoms with Crippen molar-refractivity contribution in [2.75, 3.05) is 11.9 Å². The van der Waals surface area contributed by atoms with Gasteiger partial charge in [0.25, 0.3) is 0 Å². The van der Waals surface area contributed by atoms with Gasteiger partial charge in [0.05, 0.1) is 0 Å². The number of nitrogens with zero attached hydrogens (tertiary/aromatic N) is 2. The molecule has 18 heavy (non-hydrogen) atoms. The zero-order valence-corrected chi connectivity index (χ0v) is 8.88. The van der Waals surface area contributed by atoms with E-state index >= 15 is 0 Å². The van der Waals surface area contributed by atoms with Gasteiger partial charge in [-0.1, -0.05) is 0 Å². The molecule has 96 valence electrons. The first-order chi connectivity index (χ1) is 8.44. The number of rotatable bonds is 3. The summed E-state index contributed by atoms with van der Waals surface area (Å²) in [6.45, 7) is -1.21. The van der Waals surface area contributed by atoms with Gasteiger partial charge in [-0.15, -0.1) is 5.10 Å². The second kappa shape index (κ2) is 4.51. The molecule has 0 spiro atoms. The molecule has 0 aromatic carbocycles. The highest BCUT2D eigenvalue weighted by Crippen LogP contribution is 2.16. The third-order valence-corrected chi connectivity index (χ3v) is 1.99. The molecule has 0 amide bonds. The van der Waals surface area contributed by atoms with E-state index in [1.807, 2.05) is 5.32 Å². The number of anilines is 1. The minimum absolute atomic E-state index is 0.159. The number of H-pyrrole nitrogens is 2. The Hall–Kier alpha value is -2.32. The Morgan fingerprint density at radius 3 is 2.72 bits per heavy atom. The summed E-state index contributed by atoms with van der Waals surface area (Å²) >= 11 is 0. The quantitative estimate of drug-likeness (QED) is 0.771. The number of pyridine rings is 1. The van der Waals surface area contributed by atoms with Crippen LogP contribution in [0, 0.1) is 0 Å². The van der Waals surface area contributed by atoms with E-state index in [1.165, 1.54) is 18.3 Å². The third-order valence-electron chi connectivity index (χ3n) is 1.99. The minimum Gasteiger partial charge on any atom is -0.344 e. The van der Waals surface area contributed by atoms with Crippen molar-refractivity contribution in [2.45, 2.75) is 6.18 Å². The van der Waals surface area contributed by atoms with Gasteiger partial charge in [0.1, 0.15) is 6.54 Å². The largest absolute Gasteiger partial charge is 0.405 e. The van der Waals surface area contributed by atoms with E-state index in [9.17, 15) is 18.0 Å². The van der Waals surface area contributed by atoms with Crippen molar-refractivity contribution < 1.29 is 13.2 Å². The number of alkyl halides is 3. The summed E-state index contributed by atoms with van der Waals surface area (Å²) in [5, 5.41) is 8.08. The smallest absolute Gasteiger partial charge is 0.344 e. The highest BCUT2D eigenvalue weighted by Gasteiger charge is 2.27. The van der Waals surface area contributed by atoms with E-state index in [2.05, 4.69) is 20.2 Å². The Morgan fingerprint density at radius 2 is 2.11 bits per heavy atom. The lowest BCUT2D eigenvalue weighted by Crippen LogP contribution is -2.21. The maximum Gasteiger partial charge on any atom is 0.405 e. The van der Waals surface area contributed by atoms with E-state index in [1.54, 1.807) is 0 Å². The van der Waals surface area contributed by atoms with E-state index in [-0.39, 0.29) is 17.3 Å². The van der Waals surface area contributed by atoms with Crippen molar-refractivity contribution in [1.82, 2.24) is 20.2 Å². The lowest BCUT2D eigenvalue weighted by atomic mass is 10.3. The Kier molecular flexibility index (Phi) is 3.04. The highest BCUT2D eigenvalue weighted by atomic mass is 19.4. The second-order valence-corrected chi connectivity index (χ2v) is 3.42. The fraction of sp³-hybridized carbons (Fsp3) is 0.222. The van der Waals surface area contributed by atoms with Crippen LogP contribution in [0.1, 0.15) is 0 Å². The van der Waals surface area contributed by atoms with Gasteiger partial charge in [-0.05, 0) is 6.07 Å². The fourth-order valence-corrected chi connectivity index (χ4v) is 1.21. The van der Waals surface area contributed by atoms with Crippen LogP contribution in [0.3, 0.4) is 0 Å². The van der Waals surface area contributed by atoms with Crippen LogP contribution in [0.5, 0.6) is 0 Å². The average Bonchev–Trinajstić information content (AvgIpc) is 2.75. The van der Waals surface area contributed by atoms with E-state index in [4.69, 9.17) is 0 Å². The van der Waals surface area contributed by atoms with Crippen LogP contribution in [0.15, 0.2) is 23.1 Å². The molecule has 0 saturated heterocycles. The molecule has 0 aliphatic rings. The molecular formula is C9H8F3N5O. The van der Waals surface area contributed by atoms with E-state index in [0.717, 1.165) is 0 Å². The number of nitrogens with one attached hydrogen (secondary N) is 3. The number of aromatic amines is 2. The summed E-state index contributed by atoms with van der Waals surface area (Å²) in [6, 6.07) is 2.76. The van der Waals surface area contributed by atoms with Crippen LogP contribution >= 0.6 is 0 Å². The van der Waals surface area contributed by atoms with Crippen LogP contribution in [0.25, 0.3) is 11.4 Å². The monoisotopic (exact) mass is 259 g/mol. The molecule has 0 aliphatic heterocycles. The van der Waals surface area contributed by atoms with Crippen molar-refractivity contribution in [1.29, 1.82) is 0 Å². The Labute approximate surface area is 98.3 Å². The highest BCUT2D eigenvalue weighted by molar-refractivity contribution is 5.54. The summed E-state index contributed by atoms with van der Waals surface area (Å²) < 4.78 is 35.8. The molecule has 2 rings (SSSR count). The SMILES string of the molecule is O=c1ccc(-c2nc(NCC(F)(F)F)n[nH]2)c[nH]1. The van der Waals surface area contributed by atoms with Gasteiger partial charge in [-0.3, -0.25) is 9.89 Å². The summed E-state index contributed by atoms with van der Waals surface area (Å²) in [4.78, 5) is 17.1. The number of hydrogen-bond donors (Lipinski definition) is 3. The predicted molar refractivity (Wildman–Crippen MR) is 57.0 cm³/mol. The van der Waals surface area contributed by atoms with Crippen LogP contribution in [0.4, 0.5) is 19.1 Å². The van der Waals surface area contributed by atoms with E-state index in [0.29, 0.717) is 5.56 Å². The van der Waals surface area contributed by atoms with Crippen LogP contribution in [0.2, 0.25) is 0 Å². The maximum atomic E-state index is 11.9. The fourth-order valence-electron chi connectivity index (χ4n) is 1.21. The first-order valence-electron chi connectivity index (χ1n) is 4.86. The molecule has 0 fully saturated rings. The van der Waals surface area contributed by atoms with Gasteiger partial charge in [0.15, 0.2) is 5.82 Å². The molecule has 9 heteroatoms. The minimum atomic E-state index is -4.33. The van der Waals surface area contributed by atoms with Gasteiger partial charge in [-0.25, -0.2) is 0 Å². The first-order valence-corrected chi connectivity index (χ1v) is 4.86. The lowest BCUT2D eigenvalue weighted by molar-refractivity contribution is -0.115. The van der Waals surface area contributed by atoms with Crippen LogP contribution in [-0.2, 0) is 0 Å². The molecule has 2 heterocycles. The molecule has 0 radical (unpaired) electrons. The van der Waals surface area contributed by atoms with Gasteiger partial charge in [0, 0.05) is 17.8 Å². The molecule has 2 aromatic rings. The van der Waals surface area contributed by atoms with Gasteiger partial charge in [0.2, 0.25) is 11.5 Å². The zero-order valence-electron chi connectivity index (χ0n) is 8.88. The molecule has 0 saturated carbocycles. The molecule has 0 unspecified atom stereocenters. The van der Waals surface area contributed by atoms with Gasteiger partial charge < -0.3 is 10.3 Å². The number of aromatic nitrogens is 4. The van der Waals surface area contributed by atoms with Crippen molar-refractivity contribution >= 4 is 5.95 Å². The van der Waals surface area contributed by atoms with Crippen molar-refractivity contribution in [3.63, 3.8) is 0 Å². The number of halogens is 3. The Morgan fingerprint density at radius 1 is 1.33 bits per heavy atom. The molecule has 0 bridgehead atoms. The molecular weight excluding hydrogens is 251 g/mol. The van der Waals surface area contributed by atoms with Gasteiger partial charge in [-0.2, -0.15) is 18.2 Å². The number of hydrogen-bond acceptors (Lipinski definition) is 4. The Bertz CT molecular complexity index is 568. The second-order valence-electron chi connectivity index (χ2n) is 3.42.